The average Bonchev–Trinajstić information content (AvgIpc) is 3.57. The summed E-state index contributed by atoms with van der Waals surface area (Å²) in [5.74, 6) is 2.07. The average molecular weight is 532 g/mol. The van der Waals surface area contributed by atoms with Gasteiger partial charge in [-0.15, -0.1) is 0 Å². The van der Waals surface area contributed by atoms with Crippen LogP contribution in [0.2, 0.25) is 0 Å². The Kier molecular flexibility index (Phi) is 6.78. The molecule has 0 aliphatic carbocycles. The highest BCUT2D eigenvalue weighted by atomic mass is 16.6. The number of rotatable bonds is 7. The lowest BCUT2D eigenvalue weighted by atomic mass is 9.89. The minimum atomic E-state index is -0.201. The zero-order valence-electron chi connectivity index (χ0n) is 22.4. The Balaban J connectivity index is 1.12. The van der Waals surface area contributed by atoms with E-state index in [2.05, 4.69) is 37.9 Å². The van der Waals surface area contributed by atoms with Crippen molar-refractivity contribution in [3.8, 4) is 17.2 Å². The number of benzene rings is 2. The minimum Gasteiger partial charge on any atom is -0.493 e. The quantitative estimate of drug-likeness (QED) is 0.421. The number of anilines is 1. The summed E-state index contributed by atoms with van der Waals surface area (Å²) < 4.78 is 17.0. The van der Waals surface area contributed by atoms with E-state index in [-0.39, 0.29) is 18.1 Å². The van der Waals surface area contributed by atoms with E-state index >= 15 is 0 Å². The molecule has 10 nitrogen and oxygen atoms in total. The van der Waals surface area contributed by atoms with Crippen molar-refractivity contribution in [3.05, 3.63) is 53.7 Å². The summed E-state index contributed by atoms with van der Waals surface area (Å²) in [6.07, 6.45) is 5.19. The van der Waals surface area contributed by atoms with Crippen molar-refractivity contribution in [3.63, 3.8) is 0 Å². The Hall–Kier alpha value is -4.18. The van der Waals surface area contributed by atoms with Crippen LogP contribution < -0.4 is 24.8 Å². The Labute approximate surface area is 226 Å². The number of H-pyrrole nitrogens is 1. The van der Waals surface area contributed by atoms with Gasteiger partial charge in [-0.05, 0) is 43.2 Å². The van der Waals surface area contributed by atoms with E-state index in [9.17, 15) is 4.79 Å². The first kappa shape index (κ1) is 25.1. The second-order valence-electron chi connectivity index (χ2n) is 9.93. The molecule has 204 valence electrons. The Morgan fingerprint density at radius 2 is 2.03 bits per heavy atom. The molecule has 0 saturated carbocycles. The maximum atomic E-state index is 12.0. The third kappa shape index (κ3) is 4.76. The van der Waals surface area contributed by atoms with E-state index in [4.69, 9.17) is 19.0 Å². The number of urea groups is 1. The van der Waals surface area contributed by atoms with E-state index < -0.39 is 0 Å². The summed E-state index contributed by atoms with van der Waals surface area (Å²) in [5, 5.41) is 11.2. The van der Waals surface area contributed by atoms with Crippen LogP contribution in [0.4, 0.5) is 10.5 Å². The smallest absolute Gasteiger partial charge is 0.319 e. The van der Waals surface area contributed by atoms with Crippen LogP contribution in [-0.2, 0) is 4.84 Å². The summed E-state index contributed by atoms with van der Waals surface area (Å²) >= 11 is 0. The van der Waals surface area contributed by atoms with E-state index in [1.807, 2.05) is 37.3 Å². The topological polar surface area (TPSA) is 109 Å². The van der Waals surface area contributed by atoms with Gasteiger partial charge in [0.15, 0.2) is 17.6 Å². The van der Waals surface area contributed by atoms with E-state index in [1.54, 1.807) is 14.2 Å². The number of aromatic amines is 1. The van der Waals surface area contributed by atoms with Crippen LogP contribution in [-0.4, -0.2) is 74.7 Å². The lowest BCUT2D eigenvalue weighted by Gasteiger charge is -2.31. The number of hydrogen-bond donors (Lipinski definition) is 3. The van der Waals surface area contributed by atoms with Crippen molar-refractivity contribution in [1.82, 2.24) is 15.2 Å². The molecule has 2 unspecified atom stereocenters. The SMILES string of the molecule is CCNC(=O)Nc1ccc2[nH]cc(C3=CCN(CC4ON=C5c6cc(OC)c(OC)cc6OCC54)CC3)c2c1. The highest BCUT2D eigenvalue weighted by Gasteiger charge is 2.41. The molecule has 0 bridgehead atoms. The van der Waals surface area contributed by atoms with Crippen LogP contribution in [0.3, 0.4) is 0 Å². The number of aromatic nitrogens is 1. The van der Waals surface area contributed by atoms with Gasteiger partial charge in [-0.1, -0.05) is 11.2 Å². The fraction of sp³-hybridized carbons (Fsp3) is 0.379. The molecule has 0 radical (unpaired) electrons. The molecular formula is C29H33N5O5. The highest BCUT2D eigenvalue weighted by Crippen LogP contribution is 2.41. The van der Waals surface area contributed by atoms with Crippen molar-refractivity contribution in [1.29, 1.82) is 0 Å². The summed E-state index contributed by atoms with van der Waals surface area (Å²) in [6.45, 7) is 5.50. The van der Waals surface area contributed by atoms with Gasteiger partial charge in [-0.25, -0.2) is 4.79 Å². The second kappa shape index (κ2) is 10.5. The molecule has 4 heterocycles. The maximum Gasteiger partial charge on any atom is 0.319 e. The number of hydrogen-bond acceptors (Lipinski definition) is 7. The number of fused-ring (bicyclic) bond motifs is 4. The Morgan fingerprint density at radius 3 is 2.79 bits per heavy atom. The van der Waals surface area contributed by atoms with Gasteiger partial charge in [0.25, 0.3) is 0 Å². The predicted molar refractivity (Wildman–Crippen MR) is 150 cm³/mol. The van der Waals surface area contributed by atoms with Crippen molar-refractivity contribution in [2.24, 2.45) is 11.1 Å². The number of nitrogens with one attached hydrogen (secondary N) is 3. The largest absolute Gasteiger partial charge is 0.493 e. The molecule has 2 atom stereocenters. The zero-order valence-corrected chi connectivity index (χ0v) is 22.4. The summed E-state index contributed by atoms with van der Waals surface area (Å²) in [7, 11) is 3.24. The van der Waals surface area contributed by atoms with Gasteiger partial charge >= 0.3 is 6.03 Å². The highest BCUT2D eigenvalue weighted by molar-refractivity contribution is 6.06. The number of amides is 2. The fourth-order valence-corrected chi connectivity index (χ4v) is 5.57. The van der Waals surface area contributed by atoms with Gasteiger partial charge in [-0.2, -0.15) is 0 Å². The lowest BCUT2D eigenvalue weighted by Crippen LogP contribution is -2.42. The number of oxime groups is 1. The van der Waals surface area contributed by atoms with E-state index in [0.717, 1.165) is 59.7 Å². The van der Waals surface area contributed by atoms with Crippen LogP contribution in [0.25, 0.3) is 16.5 Å². The number of nitrogens with zero attached hydrogens (tertiary/aromatic N) is 2. The first-order valence-electron chi connectivity index (χ1n) is 13.3. The molecule has 1 aromatic heterocycles. The van der Waals surface area contributed by atoms with Gasteiger partial charge in [-0.3, -0.25) is 4.90 Å². The van der Waals surface area contributed by atoms with Crippen molar-refractivity contribution in [2.75, 3.05) is 52.3 Å². The Bertz CT molecular complexity index is 1460. The molecule has 2 amide bonds. The molecule has 6 rings (SSSR count). The van der Waals surface area contributed by atoms with Crippen molar-refractivity contribution in [2.45, 2.75) is 19.4 Å². The fourth-order valence-electron chi connectivity index (χ4n) is 5.57. The molecule has 10 heteroatoms. The van der Waals surface area contributed by atoms with E-state index in [1.165, 1.54) is 11.1 Å². The monoisotopic (exact) mass is 531 g/mol. The normalized spacial score (nSPS) is 20.2. The number of ether oxygens (including phenoxy) is 3. The van der Waals surface area contributed by atoms with Gasteiger partial charge in [0.05, 0.1) is 20.1 Å². The third-order valence-corrected chi connectivity index (χ3v) is 7.62. The standard InChI is InChI=1S/C29H33N5O5/c1-4-30-29(35)32-18-5-6-23-19(11-18)21(14-31-23)17-7-9-34(10-8-17)15-27-22-16-38-24-13-26(37-3)25(36-2)12-20(24)28(22)33-39-27/h5-7,11-14,22,27,31H,4,8-10,15-16H2,1-3H3,(H2,30,32,35). The molecule has 2 aromatic carbocycles. The van der Waals surface area contributed by atoms with Gasteiger partial charge in [0.1, 0.15) is 18.1 Å². The maximum absolute atomic E-state index is 12.0. The molecule has 0 saturated heterocycles. The van der Waals surface area contributed by atoms with Crippen LogP contribution in [0.1, 0.15) is 24.5 Å². The van der Waals surface area contributed by atoms with Crippen LogP contribution in [0, 0.1) is 5.92 Å². The molecule has 0 spiro atoms. The van der Waals surface area contributed by atoms with Crippen LogP contribution in [0.15, 0.2) is 47.8 Å². The second-order valence-corrected chi connectivity index (χ2v) is 9.93. The summed E-state index contributed by atoms with van der Waals surface area (Å²) in [6, 6.07) is 9.50. The zero-order chi connectivity index (χ0) is 26.9. The molecule has 3 aromatic rings. The molecule has 3 aliphatic rings. The minimum absolute atomic E-state index is 0.0606. The lowest BCUT2D eigenvalue weighted by molar-refractivity contribution is 0.0236. The molecule has 3 aliphatic heterocycles. The van der Waals surface area contributed by atoms with Crippen molar-refractivity contribution < 1.29 is 23.8 Å². The van der Waals surface area contributed by atoms with Gasteiger partial charge in [0.2, 0.25) is 0 Å². The first-order chi connectivity index (χ1) is 19.1. The number of methoxy groups -OCH3 is 2. The van der Waals surface area contributed by atoms with Crippen LogP contribution in [0.5, 0.6) is 17.2 Å². The van der Waals surface area contributed by atoms with Crippen molar-refractivity contribution >= 4 is 33.9 Å². The third-order valence-electron chi connectivity index (χ3n) is 7.62. The molecule has 3 N–H and O–H groups in total. The first-order valence-corrected chi connectivity index (χ1v) is 13.3. The number of carbonyl (C=O) groups excluding carboxylic acids is 1. The summed E-state index contributed by atoms with van der Waals surface area (Å²) in [4.78, 5) is 23.7. The predicted octanol–water partition coefficient (Wildman–Crippen LogP) is 4.23. The molecular weight excluding hydrogens is 498 g/mol. The summed E-state index contributed by atoms with van der Waals surface area (Å²) in [5.41, 5.74) is 6.10. The van der Waals surface area contributed by atoms with E-state index in [0.29, 0.717) is 24.7 Å². The molecule has 39 heavy (non-hydrogen) atoms. The molecule has 0 fully saturated rings. The van der Waals surface area contributed by atoms with Gasteiger partial charge < -0.3 is 34.7 Å². The van der Waals surface area contributed by atoms with Crippen LogP contribution >= 0.6 is 0 Å². The van der Waals surface area contributed by atoms with Gasteiger partial charge in [0, 0.05) is 66.2 Å². The number of carbonyl (C=O) groups is 1. The Morgan fingerprint density at radius 1 is 1.18 bits per heavy atom.